The normalized spacial score (nSPS) is 46.6. The lowest BCUT2D eigenvalue weighted by molar-refractivity contribution is -0.315. The molecule has 0 radical (unpaired) electrons. The zero-order valence-electron chi connectivity index (χ0n) is 21.5. The third-order valence-electron chi connectivity index (χ3n) is 7.39. The number of rotatable bonds is 10. The van der Waals surface area contributed by atoms with Gasteiger partial charge in [-0.2, -0.15) is 0 Å². The summed E-state index contributed by atoms with van der Waals surface area (Å²) in [5, 5.41) is 75.0. The Kier molecular flexibility index (Phi) is 11.4. The minimum Gasteiger partial charge on any atom is -0.391 e. The molecule has 2 aliphatic heterocycles. The summed E-state index contributed by atoms with van der Waals surface area (Å²) >= 11 is 0. The predicted molar refractivity (Wildman–Crippen MR) is 130 cm³/mol. The quantitative estimate of drug-likeness (QED) is 0.116. The van der Waals surface area contributed by atoms with E-state index in [9.17, 15) is 40.5 Å². The topological polar surface area (TPSA) is 312 Å². The second-order valence-electron chi connectivity index (χ2n) is 10.3. The minimum atomic E-state index is -1.56. The monoisotopic (exact) mass is 569 g/mol. The van der Waals surface area contributed by atoms with Crippen LogP contribution in [-0.2, 0) is 23.7 Å². The molecule has 1 aliphatic carbocycles. The van der Waals surface area contributed by atoms with E-state index in [0.29, 0.717) is 0 Å². The van der Waals surface area contributed by atoms with Gasteiger partial charge in [-0.05, 0) is 26.3 Å². The van der Waals surface area contributed by atoms with Crippen LogP contribution < -0.4 is 28.3 Å². The molecule has 2 heterocycles. The lowest BCUT2D eigenvalue weighted by atomic mass is 9.83. The molecule has 17 heteroatoms. The van der Waals surface area contributed by atoms with Gasteiger partial charge in [0, 0.05) is 12.6 Å². The molecule has 228 valence electrons. The van der Waals surface area contributed by atoms with Crippen LogP contribution in [0.2, 0.25) is 0 Å². The summed E-state index contributed by atoms with van der Waals surface area (Å²) in [4.78, 5) is 12.4. The molecule has 3 rings (SSSR count). The van der Waals surface area contributed by atoms with Crippen LogP contribution in [0, 0.1) is 0 Å². The predicted octanol–water partition coefficient (Wildman–Crippen LogP) is -7.40. The van der Waals surface area contributed by atoms with E-state index in [2.05, 4.69) is 5.32 Å². The maximum Gasteiger partial charge on any atom is 0.249 e. The van der Waals surface area contributed by atoms with Crippen molar-refractivity contribution < 1.29 is 59.5 Å². The van der Waals surface area contributed by atoms with Gasteiger partial charge >= 0.3 is 0 Å². The SMILES string of the molecule is C[C@@H](O)C1O[C@H](O[C@@H]2C(N)C[C@@H](NC(=O)[C@@H](O)CCN)[C@@H](O)C2O[C@@H]2O[C@H](CN)C(O)[C@@H]2O)C(N)[C@@H](O)[C@@H]1O. The van der Waals surface area contributed by atoms with Gasteiger partial charge in [0.05, 0.1) is 18.2 Å². The van der Waals surface area contributed by atoms with E-state index in [4.69, 9.17) is 41.9 Å². The molecule has 2 saturated heterocycles. The van der Waals surface area contributed by atoms with Gasteiger partial charge in [-0.15, -0.1) is 0 Å². The van der Waals surface area contributed by atoms with Crippen molar-refractivity contribution in [2.24, 2.45) is 22.9 Å². The van der Waals surface area contributed by atoms with Crippen molar-refractivity contribution in [1.82, 2.24) is 5.32 Å². The first-order chi connectivity index (χ1) is 18.3. The van der Waals surface area contributed by atoms with E-state index >= 15 is 0 Å². The highest BCUT2D eigenvalue weighted by Gasteiger charge is 2.53. The van der Waals surface area contributed by atoms with E-state index in [0.717, 1.165) is 0 Å². The highest BCUT2D eigenvalue weighted by Crippen LogP contribution is 2.33. The molecule has 0 aromatic heterocycles. The highest BCUT2D eigenvalue weighted by atomic mass is 16.7. The first-order valence-electron chi connectivity index (χ1n) is 12.9. The molecule has 1 saturated carbocycles. The molecule has 16 atom stereocenters. The Morgan fingerprint density at radius 2 is 1.56 bits per heavy atom. The summed E-state index contributed by atoms with van der Waals surface area (Å²) in [5.74, 6) is -0.805. The molecule has 5 unspecified atom stereocenters. The lowest BCUT2D eigenvalue weighted by Crippen LogP contribution is -2.69. The number of amides is 1. The van der Waals surface area contributed by atoms with Crippen molar-refractivity contribution in [3.63, 3.8) is 0 Å². The number of carbonyl (C=O) groups is 1. The number of hydrogen-bond acceptors (Lipinski definition) is 16. The summed E-state index contributed by atoms with van der Waals surface area (Å²) in [5.41, 5.74) is 23.3. The second-order valence-corrected chi connectivity index (χ2v) is 10.3. The molecule has 16 N–H and O–H groups in total. The smallest absolute Gasteiger partial charge is 0.249 e. The third-order valence-corrected chi connectivity index (χ3v) is 7.39. The average Bonchev–Trinajstić information content (AvgIpc) is 3.16. The lowest BCUT2D eigenvalue weighted by Gasteiger charge is -2.48. The van der Waals surface area contributed by atoms with Gasteiger partial charge in [-0.1, -0.05) is 0 Å². The first-order valence-corrected chi connectivity index (χ1v) is 12.9. The van der Waals surface area contributed by atoms with Crippen molar-refractivity contribution in [3.8, 4) is 0 Å². The molecular weight excluding hydrogens is 526 g/mol. The van der Waals surface area contributed by atoms with E-state index in [1.54, 1.807) is 0 Å². The number of nitrogens with one attached hydrogen (secondary N) is 1. The van der Waals surface area contributed by atoms with Crippen LogP contribution in [-0.4, -0.2) is 153 Å². The molecule has 3 aliphatic rings. The van der Waals surface area contributed by atoms with E-state index in [-0.39, 0.29) is 25.9 Å². The van der Waals surface area contributed by atoms with Crippen molar-refractivity contribution in [1.29, 1.82) is 0 Å². The van der Waals surface area contributed by atoms with Gasteiger partial charge in [-0.25, -0.2) is 0 Å². The zero-order valence-corrected chi connectivity index (χ0v) is 21.5. The molecule has 0 aromatic carbocycles. The highest BCUT2D eigenvalue weighted by molar-refractivity contribution is 5.80. The molecule has 0 bridgehead atoms. The number of aliphatic hydroxyl groups is 7. The average molecular weight is 570 g/mol. The standard InChI is InChI=1S/C22H43N5O12/c1-6(28)17-15(33)14(32)11(26)21(37-17)38-18-7(25)4-8(27-20(35)9(29)2-3-23)12(30)19(18)39-22-16(34)13(31)10(5-24)36-22/h6-19,21-22,28-34H,2-5,23-26H2,1H3,(H,27,35)/t6-,7?,8-,9+,10-,11?,12-,13?,14-,15+,16+,17?,18-,19?,21-,22+/m1/s1. The first kappa shape index (κ1) is 32.4. The summed E-state index contributed by atoms with van der Waals surface area (Å²) < 4.78 is 22.9. The van der Waals surface area contributed by atoms with Gasteiger partial charge in [0.2, 0.25) is 5.91 Å². The molecule has 17 nitrogen and oxygen atoms in total. The fourth-order valence-corrected chi connectivity index (χ4v) is 5.04. The molecule has 0 spiro atoms. The van der Waals surface area contributed by atoms with Crippen LogP contribution >= 0.6 is 0 Å². The van der Waals surface area contributed by atoms with Crippen LogP contribution in [0.1, 0.15) is 19.8 Å². The summed E-state index contributed by atoms with van der Waals surface area (Å²) in [7, 11) is 0. The van der Waals surface area contributed by atoms with Gasteiger partial charge in [0.1, 0.15) is 61.0 Å². The van der Waals surface area contributed by atoms with Gasteiger partial charge in [-0.3, -0.25) is 4.79 Å². The molecule has 3 fully saturated rings. The molecule has 39 heavy (non-hydrogen) atoms. The van der Waals surface area contributed by atoms with Crippen molar-refractivity contribution in [2.45, 2.75) is 118 Å². The molecular formula is C22H43N5O12. The third kappa shape index (κ3) is 7.03. The van der Waals surface area contributed by atoms with Crippen molar-refractivity contribution in [2.75, 3.05) is 13.1 Å². The summed E-state index contributed by atoms with van der Waals surface area (Å²) in [6.07, 6.45) is -18.2. The Hall–Kier alpha value is -1.13. The van der Waals surface area contributed by atoms with Crippen LogP contribution in [0.3, 0.4) is 0 Å². The van der Waals surface area contributed by atoms with Gasteiger partial charge in [0.15, 0.2) is 12.6 Å². The Morgan fingerprint density at radius 1 is 0.923 bits per heavy atom. The summed E-state index contributed by atoms with van der Waals surface area (Å²) in [6, 6.07) is -3.35. The second kappa shape index (κ2) is 13.7. The summed E-state index contributed by atoms with van der Waals surface area (Å²) in [6.45, 7) is 1.23. The maximum absolute atomic E-state index is 12.4. The molecule has 0 aromatic rings. The van der Waals surface area contributed by atoms with E-state index in [1.807, 2.05) is 0 Å². The van der Waals surface area contributed by atoms with Crippen molar-refractivity contribution in [3.05, 3.63) is 0 Å². The fourth-order valence-electron chi connectivity index (χ4n) is 5.04. The fraction of sp³-hybridized carbons (Fsp3) is 0.955. The van der Waals surface area contributed by atoms with Crippen LogP contribution in [0.4, 0.5) is 0 Å². The number of ether oxygens (including phenoxy) is 4. The number of nitrogens with two attached hydrogens (primary N) is 4. The molecule has 1 amide bonds. The largest absolute Gasteiger partial charge is 0.391 e. The number of hydrogen-bond donors (Lipinski definition) is 12. The van der Waals surface area contributed by atoms with Crippen LogP contribution in [0.25, 0.3) is 0 Å². The number of carbonyl (C=O) groups excluding carboxylic acids is 1. The Labute approximate surface area is 224 Å². The van der Waals surface area contributed by atoms with Crippen LogP contribution in [0.5, 0.6) is 0 Å². The van der Waals surface area contributed by atoms with E-state index in [1.165, 1.54) is 6.92 Å². The Morgan fingerprint density at radius 3 is 2.13 bits per heavy atom. The van der Waals surface area contributed by atoms with Crippen molar-refractivity contribution >= 4 is 5.91 Å². The number of aliphatic hydroxyl groups excluding tert-OH is 7. The zero-order chi connectivity index (χ0) is 29.2. The Bertz CT molecular complexity index is 801. The maximum atomic E-state index is 12.4. The van der Waals surface area contributed by atoms with E-state index < -0.39 is 104 Å². The Balaban J connectivity index is 1.85. The van der Waals surface area contributed by atoms with Gasteiger partial charge < -0.3 is 82.9 Å². The van der Waals surface area contributed by atoms with Gasteiger partial charge in [0.25, 0.3) is 0 Å². The van der Waals surface area contributed by atoms with Crippen LogP contribution in [0.15, 0.2) is 0 Å². The minimum absolute atomic E-state index is 0.0254.